The Balaban J connectivity index is 1.23. The Morgan fingerprint density at radius 1 is 1.15 bits per heavy atom. The van der Waals surface area contributed by atoms with Gasteiger partial charge in [0.05, 0.1) is 18.6 Å². The van der Waals surface area contributed by atoms with Crippen molar-refractivity contribution in [1.82, 2.24) is 9.55 Å². The highest BCUT2D eigenvalue weighted by atomic mass is 32.1. The van der Waals surface area contributed by atoms with Crippen LogP contribution in [0.25, 0.3) is 0 Å². The lowest BCUT2D eigenvalue weighted by atomic mass is 9.85. The molecule has 0 atom stereocenters. The Kier molecular flexibility index (Phi) is 6.13. The quantitative estimate of drug-likeness (QED) is 0.329. The van der Waals surface area contributed by atoms with Crippen molar-refractivity contribution in [3.8, 4) is 16.6 Å². The summed E-state index contributed by atoms with van der Waals surface area (Å²) < 4.78 is 14.0. The van der Waals surface area contributed by atoms with E-state index in [9.17, 15) is 4.79 Å². The SMILES string of the molecule is Cc1sc(OCCCn2ccnc2)cc1NC(=O)CC1c2ccccc2Oc2ccccc21. The summed E-state index contributed by atoms with van der Waals surface area (Å²) in [5.74, 6) is 1.54. The number of fused-ring (bicyclic) bond motifs is 2. The van der Waals surface area contributed by atoms with Crippen LogP contribution in [0.4, 0.5) is 5.69 Å². The molecule has 33 heavy (non-hydrogen) atoms. The van der Waals surface area contributed by atoms with Crippen molar-refractivity contribution in [3.05, 3.63) is 89.3 Å². The number of carbonyl (C=O) groups is 1. The van der Waals surface area contributed by atoms with E-state index in [1.54, 1.807) is 23.9 Å². The normalized spacial score (nSPS) is 12.5. The standard InChI is InChI=1S/C26H25N3O3S/c1-18-22(16-26(33-18)31-14-6-12-29-13-11-27-17-29)28-25(30)15-21-19-7-2-4-9-23(19)32-24-10-5-3-8-20(21)24/h2-5,7-11,13,16-17,21H,6,12,14-15H2,1H3,(H,28,30). The number of thiophene rings is 1. The fraction of sp³-hybridized carbons (Fsp3) is 0.231. The lowest BCUT2D eigenvalue weighted by Crippen LogP contribution is -2.19. The summed E-state index contributed by atoms with van der Waals surface area (Å²) in [5.41, 5.74) is 2.88. The van der Waals surface area contributed by atoms with Gasteiger partial charge in [-0.3, -0.25) is 4.79 Å². The number of rotatable bonds is 8. The molecule has 2 aromatic carbocycles. The van der Waals surface area contributed by atoms with E-state index < -0.39 is 0 Å². The van der Waals surface area contributed by atoms with Crippen LogP contribution in [-0.2, 0) is 11.3 Å². The highest BCUT2D eigenvalue weighted by molar-refractivity contribution is 7.14. The van der Waals surface area contributed by atoms with E-state index >= 15 is 0 Å². The zero-order chi connectivity index (χ0) is 22.6. The molecule has 6 nitrogen and oxygen atoms in total. The molecule has 1 aliphatic heterocycles. The molecule has 4 aromatic rings. The van der Waals surface area contributed by atoms with E-state index in [-0.39, 0.29) is 11.8 Å². The first-order chi connectivity index (χ1) is 16.2. The first-order valence-electron chi connectivity index (χ1n) is 11.0. The van der Waals surface area contributed by atoms with Crippen molar-refractivity contribution in [1.29, 1.82) is 0 Å². The van der Waals surface area contributed by atoms with Gasteiger partial charge in [0.25, 0.3) is 0 Å². The second kappa shape index (κ2) is 9.50. The summed E-state index contributed by atoms with van der Waals surface area (Å²) in [6.07, 6.45) is 6.75. The monoisotopic (exact) mass is 459 g/mol. The Labute approximate surface area is 196 Å². The number of amides is 1. The number of imidazole rings is 1. The molecule has 0 saturated heterocycles. The predicted molar refractivity (Wildman–Crippen MR) is 129 cm³/mol. The summed E-state index contributed by atoms with van der Waals surface area (Å²) in [6, 6.07) is 17.8. The van der Waals surface area contributed by atoms with Gasteiger partial charge in [0.15, 0.2) is 5.06 Å². The average Bonchev–Trinajstić information content (AvgIpc) is 3.46. The van der Waals surface area contributed by atoms with Crippen LogP contribution in [0.1, 0.15) is 34.8 Å². The summed E-state index contributed by atoms with van der Waals surface area (Å²) in [7, 11) is 0. The molecule has 3 heterocycles. The first kappa shape index (κ1) is 21.3. The average molecular weight is 460 g/mol. The van der Waals surface area contributed by atoms with Gasteiger partial charge in [-0.1, -0.05) is 36.4 Å². The van der Waals surface area contributed by atoms with E-state index in [4.69, 9.17) is 9.47 Å². The number of hydrogen-bond donors (Lipinski definition) is 1. The van der Waals surface area contributed by atoms with Crippen molar-refractivity contribution in [2.75, 3.05) is 11.9 Å². The zero-order valence-corrected chi connectivity index (χ0v) is 19.2. The Morgan fingerprint density at radius 3 is 2.58 bits per heavy atom. The molecule has 0 unspecified atom stereocenters. The highest BCUT2D eigenvalue weighted by Gasteiger charge is 2.28. The van der Waals surface area contributed by atoms with Gasteiger partial charge in [0.1, 0.15) is 11.5 Å². The number of carbonyl (C=O) groups excluding carboxylic acids is 1. The van der Waals surface area contributed by atoms with Gasteiger partial charge in [-0.25, -0.2) is 4.98 Å². The molecule has 0 aliphatic carbocycles. The minimum absolute atomic E-state index is 0.0286. The molecule has 0 fully saturated rings. The van der Waals surface area contributed by atoms with Crippen molar-refractivity contribution in [2.45, 2.75) is 32.2 Å². The molecule has 1 amide bonds. The lowest BCUT2D eigenvalue weighted by molar-refractivity contribution is -0.116. The van der Waals surface area contributed by atoms with E-state index in [0.717, 1.165) is 51.2 Å². The number of ether oxygens (including phenoxy) is 2. The third kappa shape index (κ3) is 4.78. The van der Waals surface area contributed by atoms with Gasteiger partial charge in [-0.15, -0.1) is 11.3 Å². The molecule has 1 aliphatic rings. The molecule has 168 valence electrons. The molecule has 1 N–H and O–H groups in total. The van der Waals surface area contributed by atoms with Crippen molar-refractivity contribution < 1.29 is 14.3 Å². The van der Waals surface area contributed by atoms with Crippen LogP contribution in [-0.4, -0.2) is 22.1 Å². The smallest absolute Gasteiger partial charge is 0.225 e. The maximum Gasteiger partial charge on any atom is 0.225 e. The third-order valence-electron chi connectivity index (χ3n) is 5.73. The number of benzene rings is 2. The number of hydrogen-bond acceptors (Lipinski definition) is 5. The number of aromatic nitrogens is 2. The van der Waals surface area contributed by atoms with Gasteiger partial charge < -0.3 is 19.4 Å². The fourth-order valence-electron chi connectivity index (χ4n) is 4.10. The van der Waals surface area contributed by atoms with Crippen LogP contribution in [0.5, 0.6) is 16.6 Å². The lowest BCUT2D eigenvalue weighted by Gasteiger charge is -2.27. The summed E-state index contributed by atoms with van der Waals surface area (Å²) in [6.45, 7) is 3.47. The number of para-hydroxylation sites is 2. The fourth-order valence-corrected chi connectivity index (χ4v) is 4.94. The summed E-state index contributed by atoms with van der Waals surface area (Å²) >= 11 is 1.55. The van der Waals surface area contributed by atoms with Crippen LogP contribution in [0.3, 0.4) is 0 Å². The van der Waals surface area contributed by atoms with Crippen molar-refractivity contribution in [2.24, 2.45) is 0 Å². The van der Waals surface area contributed by atoms with Gasteiger partial charge >= 0.3 is 0 Å². The molecular weight excluding hydrogens is 434 g/mol. The largest absolute Gasteiger partial charge is 0.484 e. The van der Waals surface area contributed by atoms with E-state index in [1.165, 1.54) is 0 Å². The molecule has 0 spiro atoms. The molecule has 7 heteroatoms. The Morgan fingerprint density at radius 2 is 1.88 bits per heavy atom. The minimum Gasteiger partial charge on any atom is -0.484 e. The molecule has 2 aromatic heterocycles. The predicted octanol–water partition coefficient (Wildman–Crippen LogP) is 5.99. The Bertz CT molecular complexity index is 1200. The van der Waals surface area contributed by atoms with Gasteiger partial charge in [0.2, 0.25) is 5.91 Å². The highest BCUT2D eigenvalue weighted by Crippen LogP contribution is 2.45. The number of nitrogens with one attached hydrogen (secondary N) is 1. The molecule has 5 rings (SSSR count). The van der Waals surface area contributed by atoms with Crippen molar-refractivity contribution >= 4 is 22.9 Å². The number of anilines is 1. The van der Waals surface area contributed by atoms with Gasteiger partial charge in [-0.05, 0) is 25.5 Å². The van der Waals surface area contributed by atoms with Gasteiger partial charge in [-0.2, -0.15) is 0 Å². The second-order valence-electron chi connectivity index (χ2n) is 8.02. The van der Waals surface area contributed by atoms with E-state index in [1.807, 2.05) is 72.3 Å². The van der Waals surface area contributed by atoms with Gasteiger partial charge in [0, 0.05) is 53.3 Å². The molecule has 0 saturated carbocycles. The van der Waals surface area contributed by atoms with Crippen LogP contribution in [0.2, 0.25) is 0 Å². The van der Waals surface area contributed by atoms with Crippen LogP contribution < -0.4 is 14.8 Å². The molecule has 0 radical (unpaired) electrons. The zero-order valence-electron chi connectivity index (χ0n) is 18.4. The maximum absolute atomic E-state index is 13.1. The maximum atomic E-state index is 13.1. The third-order valence-corrected chi connectivity index (χ3v) is 6.69. The van der Waals surface area contributed by atoms with E-state index in [0.29, 0.717) is 13.0 Å². The number of nitrogens with zero attached hydrogens (tertiary/aromatic N) is 2. The van der Waals surface area contributed by atoms with Crippen molar-refractivity contribution in [3.63, 3.8) is 0 Å². The molecular formula is C26H25N3O3S. The van der Waals surface area contributed by atoms with Crippen LogP contribution in [0, 0.1) is 6.92 Å². The topological polar surface area (TPSA) is 65.4 Å². The Hall–Kier alpha value is -3.58. The van der Waals surface area contributed by atoms with E-state index in [2.05, 4.69) is 10.3 Å². The summed E-state index contributed by atoms with van der Waals surface area (Å²) in [4.78, 5) is 18.1. The number of aryl methyl sites for hydroxylation is 2. The molecule has 0 bridgehead atoms. The first-order valence-corrected chi connectivity index (χ1v) is 11.8. The van der Waals surface area contributed by atoms with Crippen LogP contribution in [0.15, 0.2) is 73.3 Å². The second-order valence-corrected chi connectivity index (χ2v) is 9.24. The minimum atomic E-state index is -0.0519. The summed E-state index contributed by atoms with van der Waals surface area (Å²) in [5, 5.41) is 3.91. The van der Waals surface area contributed by atoms with Crippen LogP contribution >= 0.6 is 11.3 Å².